The van der Waals surface area contributed by atoms with Crippen molar-refractivity contribution in [2.75, 3.05) is 12.4 Å². The van der Waals surface area contributed by atoms with Crippen LogP contribution in [0.5, 0.6) is 0 Å². The quantitative estimate of drug-likeness (QED) is 0.636. The third kappa shape index (κ3) is 3.38. The summed E-state index contributed by atoms with van der Waals surface area (Å²) in [6.45, 7) is 3.54. The molecule has 0 radical (unpaired) electrons. The maximum atomic E-state index is 12.9. The number of imide groups is 1. The number of hydrogen-bond donors (Lipinski definition) is 1. The zero-order valence-corrected chi connectivity index (χ0v) is 15.8. The highest BCUT2D eigenvalue weighted by Gasteiger charge is 2.43. The molecule has 0 fully saturated rings. The van der Waals surface area contributed by atoms with Crippen LogP contribution in [0.15, 0.2) is 48.5 Å². The van der Waals surface area contributed by atoms with Gasteiger partial charge in [-0.05, 0) is 42.3 Å². The number of rotatable bonds is 5. The normalized spacial score (nSPS) is 14.1. The summed E-state index contributed by atoms with van der Waals surface area (Å²) in [6.07, 6.45) is 0. The molecule has 0 bridgehead atoms. The van der Waals surface area contributed by atoms with E-state index in [1.807, 2.05) is 0 Å². The van der Waals surface area contributed by atoms with E-state index >= 15 is 0 Å². The summed E-state index contributed by atoms with van der Waals surface area (Å²) in [5.74, 6) is -2.21. The Bertz CT molecular complexity index is 915. The largest absolute Gasteiger partial charge is 0.465 e. The number of nitrogens with one attached hydrogen (secondary N) is 1. The van der Waals surface area contributed by atoms with Crippen LogP contribution in [-0.2, 0) is 9.53 Å². The minimum Gasteiger partial charge on any atom is -0.465 e. The zero-order chi connectivity index (χ0) is 20.4. The van der Waals surface area contributed by atoms with E-state index in [0.717, 1.165) is 4.90 Å². The van der Waals surface area contributed by atoms with Crippen LogP contribution in [0.4, 0.5) is 5.69 Å². The Hall–Kier alpha value is -3.48. The second-order valence-electron chi connectivity index (χ2n) is 6.77. The Morgan fingerprint density at radius 1 is 0.929 bits per heavy atom. The highest BCUT2D eigenvalue weighted by molar-refractivity contribution is 6.23. The molecule has 28 heavy (non-hydrogen) atoms. The average molecular weight is 380 g/mol. The number of amides is 3. The number of esters is 1. The molecule has 0 spiro atoms. The first-order valence-corrected chi connectivity index (χ1v) is 8.81. The van der Waals surface area contributed by atoms with E-state index in [9.17, 15) is 19.2 Å². The lowest BCUT2D eigenvalue weighted by Crippen LogP contribution is -2.50. The van der Waals surface area contributed by atoms with Crippen LogP contribution in [0.25, 0.3) is 0 Å². The van der Waals surface area contributed by atoms with Crippen LogP contribution >= 0.6 is 0 Å². The van der Waals surface area contributed by atoms with Crippen molar-refractivity contribution in [1.82, 2.24) is 4.90 Å². The topological polar surface area (TPSA) is 92.8 Å². The van der Waals surface area contributed by atoms with E-state index < -0.39 is 29.7 Å². The van der Waals surface area contributed by atoms with Crippen molar-refractivity contribution in [3.63, 3.8) is 0 Å². The van der Waals surface area contributed by atoms with Gasteiger partial charge in [0.2, 0.25) is 5.91 Å². The SMILES string of the molecule is COC(=O)c1ccc(NC(=O)[C@@H](C(C)C)N2C(=O)c3ccccc3C2=O)cc1. The second kappa shape index (κ2) is 7.64. The maximum absolute atomic E-state index is 12.9. The van der Waals surface area contributed by atoms with Gasteiger partial charge in [0.25, 0.3) is 11.8 Å². The van der Waals surface area contributed by atoms with E-state index in [2.05, 4.69) is 10.1 Å². The van der Waals surface area contributed by atoms with Crippen molar-refractivity contribution in [1.29, 1.82) is 0 Å². The lowest BCUT2D eigenvalue weighted by molar-refractivity contribution is -0.121. The van der Waals surface area contributed by atoms with E-state index in [0.29, 0.717) is 22.4 Å². The molecule has 0 unspecified atom stereocenters. The summed E-state index contributed by atoms with van der Waals surface area (Å²) in [6, 6.07) is 11.7. The Morgan fingerprint density at radius 3 is 1.93 bits per heavy atom. The monoisotopic (exact) mass is 380 g/mol. The molecule has 0 saturated carbocycles. The lowest BCUT2D eigenvalue weighted by atomic mass is 10.0. The van der Waals surface area contributed by atoms with Crippen molar-refractivity contribution in [2.24, 2.45) is 5.92 Å². The van der Waals surface area contributed by atoms with Crippen LogP contribution in [0.3, 0.4) is 0 Å². The highest BCUT2D eigenvalue weighted by atomic mass is 16.5. The lowest BCUT2D eigenvalue weighted by Gasteiger charge is -2.28. The highest BCUT2D eigenvalue weighted by Crippen LogP contribution is 2.27. The summed E-state index contributed by atoms with van der Waals surface area (Å²) < 4.78 is 4.64. The summed E-state index contributed by atoms with van der Waals surface area (Å²) in [4.78, 5) is 50.9. The van der Waals surface area contributed by atoms with Crippen LogP contribution in [-0.4, -0.2) is 41.7 Å². The number of fused-ring (bicyclic) bond motifs is 1. The van der Waals surface area contributed by atoms with Crippen LogP contribution < -0.4 is 5.32 Å². The molecule has 144 valence electrons. The standard InChI is InChI=1S/C21H20N2O5/c1-12(2)17(23-19(25)15-6-4-5-7-16(15)20(23)26)18(24)22-14-10-8-13(9-11-14)21(27)28-3/h4-12,17H,1-3H3,(H,22,24)/t17-/m1/s1. The molecule has 0 saturated heterocycles. The van der Waals surface area contributed by atoms with E-state index in [1.54, 1.807) is 50.2 Å². The van der Waals surface area contributed by atoms with Crippen molar-refractivity contribution in [3.8, 4) is 0 Å². The summed E-state index contributed by atoms with van der Waals surface area (Å²) in [5.41, 5.74) is 1.39. The Morgan fingerprint density at radius 2 is 1.46 bits per heavy atom. The molecule has 2 aromatic carbocycles. The Balaban J connectivity index is 1.83. The molecule has 1 N–H and O–H groups in total. The maximum Gasteiger partial charge on any atom is 0.337 e. The van der Waals surface area contributed by atoms with Crippen LogP contribution in [0.2, 0.25) is 0 Å². The van der Waals surface area contributed by atoms with E-state index in [1.165, 1.54) is 19.2 Å². The number of methoxy groups -OCH3 is 1. The number of anilines is 1. The first kappa shape index (κ1) is 19.3. The van der Waals surface area contributed by atoms with Crippen LogP contribution in [0.1, 0.15) is 44.9 Å². The molecule has 0 aromatic heterocycles. The second-order valence-corrected chi connectivity index (χ2v) is 6.77. The van der Waals surface area contributed by atoms with E-state index in [4.69, 9.17) is 0 Å². The molecule has 3 amide bonds. The third-order valence-corrected chi connectivity index (χ3v) is 4.58. The van der Waals surface area contributed by atoms with Gasteiger partial charge in [0.05, 0.1) is 23.8 Å². The van der Waals surface area contributed by atoms with Gasteiger partial charge in [-0.2, -0.15) is 0 Å². The number of carbonyl (C=O) groups excluding carboxylic acids is 4. The zero-order valence-electron chi connectivity index (χ0n) is 15.8. The molecule has 1 aliphatic heterocycles. The molecule has 2 aromatic rings. The van der Waals surface area contributed by atoms with Gasteiger partial charge in [0, 0.05) is 5.69 Å². The van der Waals surface area contributed by atoms with Gasteiger partial charge < -0.3 is 10.1 Å². The number of nitrogens with zero attached hydrogens (tertiary/aromatic N) is 1. The van der Waals surface area contributed by atoms with Crippen molar-refractivity contribution >= 4 is 29.4 Å². The van der Waals surface area contributed by atoms with Gasteiger partial charge >= 0.3 is 5.97 Å². The molecule has 7 heteroatoms. The van der Waals surface area contributed by atoms with Gasteiger partial charge in [-0.15, -0.1) is 0 Å². The molecule has 1 heterocycles. The smallest absolute Gasteiger partial charge is 0.337 e. The minimum atomic E-state index is -0.965. The molecular weight excluding hydrogens is 360 g/mol. The fourth-order valence-electron chi connectivity index (χ4n) is 3.20. The van der Waals surface area contributed by atoms with Crippen molar-refractivity contribution < 1.29 is 23.9 Å². The van der Waals surface area contributed by atoms with Gasteiger partial charge in [-0.1, -0.05) is 26.0 Å². The molecule has 0 aliphatic carbocycles. The molecule has 7 nitrogen and oxygen atoms in total. The summed E-state index contributed by atoms with van der Waals surface area (Å²) in [7, 11) is 1.29. The number of ether oxygens (including phenoxy) is 1. The van der Waals surface area contributed by atoms with Crippen molar-refractivity contribution in [2.45, 2.75) is 19.9 Å². The fraction of sp³-hybridized carbons (Fsp3) is 0.238. The van der Waals surface area contributed by atoms with Gasteiger partial charge in [0.15, 0.2) is 0 Å². The molecule has 3 rings (SSSR count). The number of carbonyl (C=O) groups is 4. The van der Waals surface area contributed by atoms with Gasteiger partial charge in [-0.3, -0.25) is 19.3 Å². The average Bonchev–Trinajstić information content (AvgIpc) is 2.93. The number of benzene rings is 2. The minimum absolute atomic E-state index is 0.295. The predicted molar refractivity (Wildman–Crippen MR) is 102 cm³/mol. The third-order valence-electron chi connectivity index (χ3n) is 4.58. The number of hydrogen-bond acceptors (Lipinski definition) is 5. The first-order valence-electron chi connectivity index (χ1n) is 8.81. The molecule has 1 aliphatic rings. The summed E-state index contributed by atoms with van der Waals surface area (Å²) >= 11 is 0. The van der Waals surface area contributed by atoms with Gasteiger partial charge in [-0.25, -0.2) is 4.79 Å². The molecular formula is C21H20N2O5. The Labute approximate surface area is 162 Å². The Kier molecular flexibility index (Phi) is 5.26. The fourth-order valence-corrected chi connectivity index (χ4v) is 3.20. The summed E-state index contributed by atoms with van der Waals surface area (Å²) in [5, 5.41) is 2.72. The van der Waals surface area contributed by atoms with E-state index in [-0.39, 0.29) is 5.92 Å². The predicted octanol–water partition coefficient (Wildman–Crippen LogP) is 2.73. The van der Waals surface area contributed by atoms with Crippen molar-refractivity contribution in [3.05, 3.63) is 65.2 Å². The molecule has 1 atom stereocenters. The first-order chi connectivity index (χ1) is 13.3. The van der Waals surface area contributed by atoms with Crippen LogP contribution in [0, 0.1) is 5.92 Å². The van der Waals surface area contributed by atoms with Gasteiger partial charge in [0.1, 0.15) is 6.04 Å².